The number of ketones is 1. The number of hydrogen-bond donors (Lipinski definition) is 2. The van der Waals surface area contributed by atoms with Gasteiger partial charge in [-0.25, -0.2) is 0 Å². The molecule has 1 spiro atoms. The molecule has 4 saturated carbocycles. The number of fused-ring (bicyclic) bond motifs is 3. The van der Waals surface area contributed by atoms with Gasteiger partial charge in [0.15, 0.2) is 0 Å². The van der Waals surface area contributed by atoms with Crippen LogP contribution in [0.1, 0.15) is 66.2 Å². The average molecular weight is 320 g/mol. The highest BCUT2D eigenvalue weighted by molar-refractivity contribution is 5.91. The van der Waals surface area contributed by atoms with Crippen molar-refractivity contribution in [2.45, 2.75) is 78.4 Å². The lowest BCUT2D eigenvalue weighted by atomic mass is 9.40. The van der Waals surface area contributed by atoms with E-state index in [9.17, 15) is 15.0 Å². The minimum atomic E-state index is -0.518. The third-order valence-electron chi connectivity index (χ3n) is 8.99. The maximum atomic E-state index is 13.2. The van der Waals surface area contributed by atoms with Crippen molar-refractivity contribution in [3.05, 3.63) is 0 Å². The quantitative estimate of drug-likeness (QED) is 0.721. The summed E-state index contributed by atoms with van der Waals surface area (Å²) in [6.07, 6.45) is 4.82. The van der Waals surface area contributed by atoms with E-state index in [0.29, 0.717) is 30.0 Å². The third kappa shape index (κ3) is 1.71. The van der Waals surface area contributed by atoms with Gasteiger partial charge < -0.3 is 10.2 Å². The van der Waals surface area contributed by atoms with Crippen molar-refractivity contribution in [2.75, 3.05) is 0 Å². The molecule has 0 aromatic carbocycles. The van der Waals surface area contributed by atoms with Crippen LogP contribution in [0.2, 0.25) is 0 Å². The minimum Gasteiger partial charge on any atom is -0.393 e. The molecule has 0 aromatic rings. The van der Waals surface area contributed by atoms with Crippen LogP contribution < -0.4 is 0 Å². The zero-order valence-corrected chi connectivity index (χ0v) is 15.0. The fraction of sp³-hybridized carbons (Fsp3) is 0.950. The van der Waals surface area contributed by atoms with E-state index in [1.807, 2.05) is 0 Å². The maximum absolute atomic E-state index is 13.2. The highest BCUT2D eigenvalue weighted by Crippen LogP contribution is 2.71. The fourth-order valence-electron chi connectivity index (χ4n) is 7.60. The lowest BCUT2D eigenvalue weighted by Gasteiger charge is -2.65. The third-order valence-corrected chi connectivity index (χ3v) is 8.99. The number of hydrogen-bond acceptors (Lipinski definition) is 3. The smallest absolute Gasteiger partial charge is 0.144 e. The van der Waals surface area contributed by atoms with E-state index in [0.717, 1.165) is 32.1 Å². The topological polar surface area (TPSA) is 57.5 Å². The second-order valence-corrected chi connectivity index (χ2v) is 9.97. The summed E-state index contributed by atoms with van der Waals surface area (Å²) in [6, 6.07) is 0. The molecule has 0 amide bonds. The SMILES string of the molecule is C[C@H]1C(=O)[C@]23C[C@H]1CC[C@H]2[C@]1(C)CC[C@@H](O)C(C)(C)C1C[C@H]3O. The van der Waals surface area contributed by atoms with E-state index in [2.05, 4.69) is 27.7 Å². The van der Waals surface area contributed by atoms with E-state index >= 15 is 0 Å². The molecule has 0 aliphatic heterocycles. The van der Waals surface area contributed by atoms with Crippen LogP contribution in [-0.2, 0) is 4.79 Å². The molecule has 2 N–H and O–H groups in total. The van der Waals surface area contributed by atoms with Crippen LogP contribution in [0, 0.1) is 39.9 Å². The van der Waals surface area contributed by atoms with Crippen molar-refractivity contribution in [3.8, 4) is 0 Å². The predicted octanol–water partition coefficient (Wildman–Crippen LogP) is 3.18. The Kier molecular flexibility index (Phi) is 3.22. The molecule has 2 bridgehead atoms. The Balaban J connectivity index is 1.82. The molecule has 1 unspecified atom stereocenters. The van der Waals surface area contributed by atoms with Crippen molar-refractivity contribution in [1.29, 1.82) is 0 Å². The van der Waals surface area contributed by atoms with Crippen molar-refractivity contribution in [2.24, 2.45) is 39.9 Å². The van der Waals surface area contributed by atoms with Gasteiger partial charge in [0.1, 0.15) is 5.78 Å². The van der Waals surface area contributed by atoms with Gasteiger partial charge in [0, 0.05) is 5.92 Å². The van der Waals surface area contributed by atoms with Gasteiger partial charge in [0.25, 0.3) is 0 Å². The molecular weight excluding hydrogens is 288 g/mol. The first-order chi connectivity index (χ1) is 10.7. The highest BCUT2D eigenvalue weighted by Gasteiger charge is 2.71. The zero-order valence-electron chi connectivity index (χ0n) is 15.0. The van der Waals surface area contributed by atoms with Gasteiger partial charge in [0.2, 0.25) is 0 Å². The molecule has 4 fully saturated rings. The molecule has 0 aromatic heterocycles. The molecule has 130 valence electrons. The van der Waals surface area contributed by atoms with Crippen molar-refractivity contribution >= 4 is 5.78 Å². The summed E-state index contributed by atoms with van der Waals surface area (Å²) in [5, 5.41) is 21.7. The number of carbonyl (C=O) groups excluding carboxylic acids is 1. The zero-order chi connectivity index (χ0) is 16.8. The molecular formula is C20H32O3. The lowest BCUT2D eigenvalue weighted by molar-refractivity contribution is -0.216. The summed E-state index contributed by atoms with van der Waals surface area (Å²) in [5.74, 6) is 1.54. The number of Topliss-reactive ketones (excluding diaryl/α,β-unsaturated/α-hetero) is 1. The Hall–Kier alpha value is -0.410. The Morgan fingerprint density at radius 1 is 1.00 bits per heavy atom. The van der Waals surface area contributed by atoms with E-state index in [1.54, 1.807) is 0 Å². The molecule has 0 heterocycles. The van der Waals surface area contributed by atoms with Crippen molar-refractivity contribution in [1.82, 2.24) is 0 Å². The van der Waals surface area contributed by atoms with Gasteiger partial charge >= 0.3 is 0 Å². The summed E-state index contributed by atoms with van der Waals surface area (Å²) in [4.78, 5) is 13.2. The lowest BCUT2D eigenvalue weighted by Crippen LogP contribution is -2.65. The molecule has 23 heavy (non-hydrogen) atoms. The van der Waals surface area contributed by atoms with Crippen LogP contribution in [0.5, 0.6) is 0 Å². The van der Waals surface area contributed by atoms with Crippen LogP contribution in [0.15, 0.2) is 0 Å². The van der Waals surface area contributed by atoms with Crippen LogP contribution in [0.3, 0.4) is 0 Å². The fourth-order valence-corrected chi connectivity index (χ4v) is 7.60. The first kappa shape index (κ1) is 16.1. The van der Waals surface area contributed by atoms with Crippen LogP contribution in [-0.4, -0.2) is 28.2 Å². The van der Waals surface area contributed by atoms with Gasteiger partial charge in [-0.3, -0.25) is 4.79 Å². The number of carbonyl (C=O) groups is 1. The normalized spacial score (nSPS) is 57.7. The average Bonchev–Trinajstić information content (AvgIpc) is 2.69. The maximum Gasteiger partial charge on any atom is 0.144 e. The molecule has 3 nitrogen and oxygen atoms in total. The summed E-state index contributed by atoms with van der Waals surface area (Å²) in [5.41, 5.74) is -0.585. The second kappa shape index (κ2) is 4.60. The summed E-state index contributed by atoms with van der Waals surface area (Å²) in [7, 11) is 0. The van der Waals surface area contributed by atoms with E-state index in [1.165, 1.54) is 0 Å². The van der Waals surface area contributed by atoms with Crippen molar-refractivity contribution < 1.29 is 15.0 Å². The molecule has 8 atom stereocenters. The molecule has 0 saturated heterocycles. The number of aliphatic hydroxyl groups excluding tert-OH is 2. The first-order valence-electron chi connectivity index (χ1n) is 9.56. The van der Waals surface area contributed by atoms with E-state index in [4.69, 9.17) is 0 Å². The molecule has 3 heteroatoms. The van der Waals surface area contributed by atoms with Gasteiger partial charge in [-0.2, -0.15) is 0 Å². The van der Waals surface area contributed by atoms with E-state index < -0.39 is 11.5 Å². The number of rotatable bonds is 0. The Morgan fingerprint density at radius 2 is 1.70 bits per heavy atom. The van der Waals surface area contributed by atoms with Crippen LogP contribution in [0.25, 0.3) is 0 Å². The molecule has 4 rings (SSSR count). The van der Waals surface area contributed by atoms with E-state index in [-0.39, 0.29) is 22.9 Å². The van der Waals surface area contributed by atoms with Crippen LogP contribution >= 0.6 is 0 Å². The van der Waals surface area contributed by atoms with Gasteiger partial charge in [0.05, 0.1) is 17.6 Å². The number of aliphatic hydroxyl groups is 2. The Labute approximate surface area is 139 Å². The standard InChI is InChI=1S/C20H32O3/c1-11-12-5-6-13-19(4)8-7-15(21)18(2,3)14(19)9-16(22)20(13,10-12)17(11)23/h11-16,21-22H,5-10H2,1-4H3/t11-,12-,13+,14?,15-,16-,19+,20-/m1/s1. The van der Waals surface area contributed by atoms with Crippen molar-refractivity contribution in [3.63, 3.8) is 0 Å². The first-order valence-corrected chi connectivity index (χ1v) is 9.56. The summed E-state index contributed by atoms with van der Waals surface area (Å²) in [6.45, 7) is 8.77. The van der Waals surface area contributed by atoms with Crippen LogP contribution in [0.4, 0.5) is 0 Å². The van der Waals surface area contributed by atoms with Gasteiger partial charge in [-0.15, -0.1) is 0 Å². The monoisotopic (exact) mass is 320 g/mol. The Morgan fingerprint density at radius 3 is 2.39 bits per heavy atom. The summed E-state index contributed by atoms with van der Waals surface area (Å²) < 4.78 is 0. The molecule has 4 aliphatic carbocycles. The summed E-state index contributed by atoms with van der Waals surface area (Å²) >= 11 is 0. The largest absolute Gasteiger partial charge is 0.393 e. The molecule has 0 radical (unpaired) electrons. The Bertz CT molecular complexity index is 541. The van der Waals surface area contributed by atoms with Gasteiger partial charge in [-0.05, 0) is 67.1 Å². The predicted molar refractivity (Wildman–Crippen MR) is 88.7 cm³/mol. The highest BCUT2D eigenvalue weighted by atomic mass is 16.3. The second-order valence-electron chi connectivity index (χ2n) is 9.97. The van der Waals surface area contributed by atoms with Gasteiger partial charge in [-0.1, -0.05) is 27.7 Å². The minimum absolute atomic E-state index is 0.0760. The molecule has 4 aliphatic rings.